The van der Waals surface area contributed by atoms with E-state index < -0.39 is 5.95 Å². The molecule has 0 aromatic carbocycles. The van der Waals surface area contributed by atoms with Gasteiger partial charge < -0.3 is 5.32 Å². The molecule has 0 unspecified atom stereocenters. The standard InChI is InChI=1S/C7H7FN2O2S/c1-4(12)2-9-7-10-6(8)5(3-11)13-7/h3H,2H2,1H3,(H,9,10). The van der Waals surface area contributed by atoms with Crippen molar-refractivity contribution in [3.8, 4) is 0 Å². The number of Topliss-reactive ketones (excluding diaryl/α,β-unsaturated/α-hetero) is 1. The van der Waals surface area contributed by atoms with Gasteiger partial charge in [-0.2, -0.15) is 9.37 Å². The fraction of sp³-hybridized carbons (Fsp3) is 0.286. The molecule has 0 amide bonds. The van der Waals surface area contributed by atoms with E-state index in [-0.39, 0.29) is 22.3 Å². The van der Waals surface area contributed by atoms with E-state index in [9.17, 15) is 14.0 Å². The first-order chi connectivity index (χ1) is 6.13. The number of ketones is 1. The van der Waals surface area contributed by atoms with E-state index in [1.165, 1.54) is 6.92 Å². The summed E-state index contributed by atoms with van der Waals surface area (Å²) in [6, 6.07) is 0. The first-order valence-corrected chi connectivity index (χ1v) is 4.30. The molecule has 0 fully saturated rings. The molecule has 0 saturated carbocycles. The summed E-state index contributed by atoms with van der Waals surface area (Å²) >= 11 is 0.884. The molecule has 0 spiro atoms. The summed E-state index contributed by atoms with van der Waals surface area (Å²) in [5, 5.41) is 2.84. The summed E-state index contributed by atoms with van der Waals surface area (Å²) in [6.07, 6.45) is 0.395. The van der Waals surface area contributed by atoms with Gasteiger partial charge in [0.25, 0.3) is 0 Å². The third-order valence-electron chi connectivity index (χ3n) is 1.21. The Kier molecular flexibility index (Phi) is 3.07. The number of nitrogens with zero attached hydrogens (tertiary/aromatic N) is 1. The van der Waals surface area contributed by atoms with Crippen LogP contribution in [0, 0.1) is 5.95 Å². The zero-order valence-electron chi connectivity index (χ0n) is 6.83. The molecule has 0 bridgehead atoms. The molecule has 6 heteroatoms. The van der Waals surface area contributed by atoms with Gasteiger partial charge in [-0.1, -0.05) is 11.3 Å². The van der Waals surface area contributed by atoms with Gasteiger partial charge in [-0.3, -0.25) is 9.59 Å². The highest BCUT2D eigenvalue weighted by Crippen LogP contribution is 2.19. The monoisotopic (exact) mass is 202 g/mol. The van der Waals surface area contributed by atoms with Crippen LogP contribution in [0.1, 0.15) is 16.6 Å². The zero-order valence-corrected chi connectivity index (χ0v) is 7.65. The van der Waals surface area contributed by atoms with Gasteiger partial charge in [-0.25, -0.2) is 0 Å². The molecule has 1 aromatic rings. The molecule has 0 atom stereocenters. The van der Waals surface area contributed by atoms with Crippen molar-refractivity contribution in [2.45, 2.75) is 6.92 Å². The van der Waals surface area contributed by atoms with Crippen molar-refractivity contribution in [1.29, 1.82) is 0 Å². The summed E-state index contributed by atoms with van der Waals surface area (Å²) in [6.45, 7) is 1.49. The number of hydrogen-bond acceptors (Lipinski definition) is 5. The second-order valence-electron chi connectivity index (χ2n) is 2.35. The van der Waals surface area contributed by atoms with Crippen LogP contribution >= 0.6 is 11.3 Å². The molecule has 1 aromatic heterocycles. The lowest BCUT2D eigenvalue weighted by atomic mass is 10.4. The van der Waals surface area contributed by atoms with Crippen LogP contribution in [0.3, 0.4) is 0 Å². The lowest BCUT2D eigenvalue weighted by Crippen LogP contribution is -2.09. The minimum absolute atomic E-state index is 0.0638. The van der Waals surface area contributed by atoms with E-state index in [0.29, 0.717) is 6.29 Å². The van der Waals surface area contributed by atoms with Crippen LogP contribution in [-0.4, -0.2) is 23.6 Å². The van der Waals surface area contributed by atoms with Crippen LogP contribution in [0.4, 0.5) is 9.52 Å². The third-order valence-corrected chi connectivity index (χ3v) is 2.12. The second-order valence-corrected chi connectivity index (χ2v) is 3.38. The normalized spacial score (nSPS) is 9.69. The van der Waals surface area contributed by atoms with Crippen molar-refractivity contribution >= 4 is 28.5 Å². The lowest BCUT2D eigenvalue weighted by Gasteiger charge is -1.95. The van der Waals surface area contributed by atoms with Crippen molar-refractivity contribution in [1.82, 2.24) is 4.98 Å². The van der Waals surface area contributed by atoms with Crippen molar-refractivity contribution in [2.24, 2.45) is 0 Å². The molecule has 13 heavy (non-hydrogen) atoms. The van der Waals surface area contributed by atoms with Gasteiger partial charge >= 0.3 is 0 Å². The molecular formula is C7H7FN2O2S. The number of thiazole rings is 1. The lowest BCUT2D eigenvalue weighted by molar-refractivity contribution is -0.115. The number of aromatic nitrogens is 1. The number of anilines is 1. The van der Waals surface area contributed by atoms with E-state index in [4.69, 9.17) is 0 Å². The number of halogens is 1. The van der Waals surface area contributed by atoms with Crippen molar-refractivity contribution in [3.63, 3.8) is 0 Å². The SMILES string of the molecule is CC(=O)CNc1nc(F)c(C=O)s1. The quantitative estimate of drug-likeness (QED) is 0.742. The number of aldehydes is 1. The van der Waals surface area contributed by atoms with E-state index >= 15 is 0 Å². The van der Waals surface area contributed by atoms with Crippen molar-refractivity contribution < 1.29 is 14.0 Å². The fourth-order valence-corrected chi connectivity index (χ4v) is 1.32. The zero-order chi connectivity index (χ0) is 9.84. The van der Waals surface area contributed by atoms with Crippen LogP contribution in [-0.2, 0) is 4.79 Å². The third kappa shape index (κ3) is 2.59. The first kappa shape index (κ1) is 9.79. The van der Waals surface area contributed by atoms with Crippen LogP contribution < -0.4 is 5.32 Å². The number of rotatable bonds is 4. The van der Waals surface area contributed by atoms with Gasteiger partial charge in [0.15, 0.2) is 11.4 Å². The molecule has 0 aliphatic rings. The molecule has 70 valence electrons. The van der Waals surface area contributed by atoms with Crippen LogP contribution in [0.2, 0.25) is 0 Å². The van der Waals surface area contributed by atoms with Gasteiger partial charge in [0, 0.05) is 0 Å². The molecule has 1 N–H and O–H groups in total. The van der Waals surface area contributed by atoms with Crippen molar-refractivity contribution in [2.75, 3.05) is 11.9 Å². The molecule has 4 nitrogen and oxygen atoms in total. The summed E-state index contributed by atoms with van der Waals surface area (Å²) in [4.78, 5) is 24.1. The van der Waals surface area contributed by atoms with E-state index in [0.717, 1.165) is 11.3 Å². The Morgan fingerprint density at radius 3 is 2.92 bits per heavy atom. The number of carbonyl (C=O) groups is 2. The Labute approximate surface area is 77.8 Å². The Balaban J connectivity index is 2.68. The summed E-state index contributed by atoms with van der Waals surface area (Å²) in [7, 11) is 0. The van der Waals surface area contributed by atoms with Gasteiger partial charge in [0.2, 0.25) is 5.95 Å². The maximum absolute atomic E-state index is 12.7. The van der Waals surface area contributed by atoms with Crippen molar-refractivity contribution in [3.05, 3.63) is 10.8 Å². The molecule has 0 aliphatic heterocycles. The van der Waals surface area contributed by atoms with Crippen LogP contribution in [0.25, 0.3) is 0 Å². The van der Waals surface area contributed by atoms with Gasteiger partial charge in [0.05, 0.1) is 6.54 Å². The second kappa shape index (κ2) is 4.08. The van der Waals surface area contributed by atoms with Gasteiger partial charge in [0.1, 0.15) is 10.7 Å². The molecule has 0 aliphatic carbocycles. The number of nitrogens with one attached hydrogen (secondary N) is 1. The molecule has 1 rings (SSSR count). The van der Waals surface area contributed by atoms with Gasteiger partial charge in [-0.15, -0.1) is 0 Å². The average Bonchev–Trinajstić information content (AvgIpc) is 2.43. The van der Waals surface area contributed by atoms with Gasteiger partial charge in [-0.05, 0) is 6.92 Å². The fourth-order valence-electron chi connectivity index (χ4n) is 0.662. The van der Waals surface area contributed by atoms with E-state index in [1.807, 2.05) is 0 Å². The Morgan fingerprint density at radius 1 is 1.77 bits per heavy atom. The predicted molar refractivity (Wildman–Crippen MR) is 46.6 cm³/mol. The van der Waals surface area contributed by atoms with Crippen LogP contribution in [0.15, 0.2) is 0 Å². The number of hydrogen-bond donors (Lipinski definition) is 1. The molecule has 0 radical (unpaired) electrons. The molecule has 1 heterocycles. The maximum atomic E-state index is 12.7. The smallest absolute Gasteiger partial charge is 0.236 e. The topological polar surface area (TPSA) is 59.1 Å². The predicted octanol–water partition coefficient (Wildman–Crippen LogP) is 1.10. The minimum Gasteiger partial charge on any atom is -0.354 e. The summed E-state index contributed by atoms with van der Waals surface area (Å²) in [5.41, 5.74) is 0. The minimum atomic E-state index is -0.800. The summed E-state index contributed by atoms with van der Waals surface area (Å²) < 4.78 is 12.7. The Bertz CT molecular complexity index is 337. The van der Waals surface area contributed by atoms with E-state index in [1.54, 1.807) is 0 Å². The molecule has 0 saturated heterocycles. The molecular weight excluding hydrogens is 195 g/mol. The first-order valence-electron chi connectivity index (χ1n) is 3.48. The highest BCUT2D eigenvalue weighted by atomic mass is 32.1. The average molecular weight is 202 g/mol. The van der Waals surface area contributed by atoms with Crippen LogP contribution in [0.5, 0.6) is 0 Å². The number of carbonyl (C=O) groups excluding carboxylic acids is 2. The summed E-state index contributed by atoms with van der Waals surface area (Å²) in [5.74, 6) is -0.880. The highest BCUT2D eigenvalue weighted by Gasteiger charge is 2.09. The Morgan fingerprint density at radius 2 is 2.46 bits per heavy atom. The maximum Gasteiger partial charge on any atom is 0.236 e. The van der Waals surface area contributed by atoms with E-state index in [2.05, 4.69) is 10.3 Å². The highest BCUT2D eigenvalue weighted by molar-refractivity contribution is 7.17. The largest absolute Gasteiger partial charge is 0.354 e. The Hall–Kier alpha value is -1.30.